The molecule has 3 rings (SSSR count). The lowest BCUT2D eigenvalue weighted by molar-refractivity contribution is 0.480. The third-order valence-electron chi connectivity index (χ3n) is 4.31. The Hall–Kier alpha value is -2.61. The minimum absolute atomic E-state index is 0.473. The predicted molar refractivity (Wildman–Crippen MR) is 86.8 cm³/mol. The van der Waals surface area contributed by atoms with Crippen LogP contribution in [0.25, 0.3) is 0 Å². The van der Waals surface area contributed by atoms with Crippen molar-refractivity contribution in [2.75, 3.05) is 29.9 Å². The zero-order valence-corrected chi connectivity index (χ0v) is 12.7. The summed E-state index contributed by atoms with van der Waals surface area (Å²) in [6.07, 6.45) is 5.47. The molecule has 22 heavy (non-hydrogen) atoms. The van der Waals surface area contributed by atoms with Crippen molar-refractivity contribution in [1.82, 2.24) is 9.97 Å². The van der Waals surface area contributed by atoms with E-state index in [1.54, 1.807) is 12.5 Å². The molecule has 0 spiro atoms. The lowest BCUT2D eigenvalue weighted by Gasteiger charge is -2.38. The first-order valence-electron chi connectivity index (χ1n) is 7.52. The summed E-state index contributed by atoms with van der Waals surface area (Å²) in [5.41, 5.74) is 1.80. The van der Waals surface area contributed by atoms with Gasteiger partial charge in [-0.2, -0.15) is 5.26 Å². The zero-order valence-electron chi connectivity index (χ0n) is 12.7. The minimum atomic E-state index is 0.473. The van der Waals surface area contributed by atoms with Crippen LogP contribution in [0.2, 0.25) is 0 Å². The third kappa shape index (κ3) is 2.86. The van der Waals surface area contributed by atoms with Gasteiger partial charge >= 0.3 is 0 Å². The molecule has 5 nitrogen and oxygen atoms in total. The van der Waals surface area contributed by atoms with Crippen molar-refractivity contribution in [1.29, 1.82) is 5.26 Å². The highest BCUT2D eigenvalue weighted by molar-refractivity contribution is 5.59. The van der Waals surface area contributed by atoms with Gasteiger partial charge in [-0.3, -0.25) is 0 Å². The Balaban J connectivity index is 1.67. The van der Waals surface area contributed by atoms with Gasteiger partial charge in [0.1, 0.15) is 18.2 Å². The molecule has 1 aromatic carbocycles. The third-order valence-corrected chi connectivity index (χ3v) is 4.31. The largest absolute Gasteiger partial charge is 0.370 e. The van der Waals surface area contributed by atoms with E-state index in [1.165, 1.54) is 0 Å². The fraction of sp³-hybridized carbons (Fsp3) is 0.353. The second-order valence-corrected chi connectivity index (χ2v) is 5.53. The molecule has 0 amide bonds. The molecule has 1 aliphatic heterocycles. The molecule has 1 aromatic heterocycles. The van der Waals surface area contributed by atoms with Crippen molar-refractivity contribution < 1.29 is 0 Å². The second kappa shape index (κ2) is 6.44. The first-order valence-corrected chi connectivity index (χ1v) is 7.52. The van der Waals surface area contributed by atoms with Gasteiger partial charge in [0.05, 0.1) is 11.3 Å². The average molecular weight is 293 g/mol. The Morgan fingerprint density at radius 1 is 1.23 bits per heavy atom. The fourth-order valence-corrected chi connectivity index (χ4v) is 3.02. The number of para-hydroxylation sites is 1. The maximum Gasteiger partial charge on any atom is 0.131 e. The lowest BCUT2D eigenvalue weighted by Crippen LogP contribution is -2.44. The Morgan fingerprint density at radius 3 is 2.68 bits per heavy atom. The molecule has 1 fully saturated rings. The number of nitrogens with zero attached hydrogens (tertiary/aromatic N) is 5. The number of hydrogen-bond donors (Lipinski definition) is 0. The van der Waals surface area contributed by atoms with Gasteiger partial charge in [0.2, 0.25) is 0 Å². The van der Waals surface area contributed by atoms with E-state index < -0.39 is 0 Å². The topological polar surface area (TPSA) is 56.1 Å². The summed E-state index contributed by atoms with van der Waals surface area (Å²) in [6.45, 7) is 1.91. The number of benzene rings is 1. The molecule has 2 heterocycles. The van der Waals surface area contributed by atoms with Crippen LogP contribution in [0.15, 0.2) is 42.9 Å². The van der Waals surface area contributed by atoms with E-state index in [9.17, 15) is 5.26 Å². The summed E-state index contributed by atoms with van der Waals surface area (Å²) >= 11 is 0. The summed E-state index contributed by atoms with van der Waals surface area (Å²) in [5, 5.41) is 9.24. The molecule has 5 heteroatoms. The van der Waals surface area contributed by atoms with Crippen molar-refractivity contribution in [3.8, 4) is 6.07 Å². The number of anilines is 2. The van der Waals surface area contributed by atoms with Gasteiger partial charge in [-0.15, -0.1) is 0 Å². The average Bonchev–Trinajstić information content (AvgIpc) is 2.62. The highest BCUT2D eigenvalue weighted by Crippen LogP contribution is 2.26. The van der Waals surface area contributed by atoms with Crippen LogP contribution in [0.3, 0.4) is 0 Å². The van der Waals surface area contributed by atoms with Crippen LogP contribution in [-0.2, 0) is 0 Å². The van der Waals surface area contributed by atoms with Gasteiger partial charge in [-0.25, -0.2) is 9.97 Å². The molecule has 0 saturated carbocycles. The van der Waals surface area contributed by atoms with E-state index in [2.05, 4.69) is 32.9 Å². The Bertz CT molecular complexity index is 656. The number of piperidine rings is 1. The van der Waals surface area contributed by atoms with Crippen LogP contribution in [-0.4, -0.2) is 36.1 Å². The molecule has 1 aliphatic rings. The Morgan fingerprint density at radius 2 is 2.00 bits per heavy atom. The van der Waals surface area contributed by atoms with Crippen LogP contribution < -0.4 is 9.80 Å². The highest BCUT2D eigenvalue weighted by atomic mass is 15.2. The summed E-state index contributed by atoms with van der Waals surface area (Å²) in [6, 6.07) is 12.5. The van der Waals surface area contributed by atoms with E-state index in [0.717, 1.165) is 43.0 Å². The monoisotopic (exact) mass is 293 g/mol. The summed E-state index contributed by atoms with van der Waals surface area (Å²) in [7, 11) is 2.09. The smallest absolute Gasteiger partial charge is 0.131 e. The van der Waals surface area contributed by atoms with E-state index >= 15 is 0 Å². The molecular weight excluding hydrogens is 274 g/mol. The standard InChI is InChI=1S/C17H19N5/c1-21(17-6-9-19-13-20-17)15-7-10-22(11-8-15)16-5-3-2-4-14(16)12-18/h2-6,9,13,15H,7-8,10-11H2,1H3. The number of nitriles is 1. The Kier molecular flexibility index (Phi) is 4.19. The highest BCUT2D eigenvalue weighted by Gasteiger charge is 2.24. The number of rotatable bonds is 3. The van der Waals surface area contributed by atoms with Gasteiger partial charge in [0.15, 0.2) is 0 Å². The predicted octanol–water partition coefficient (Wildman–Crippen LogP) is 2.45. The lowest BCUT2D eigenvalue weighted by atomic mass is 10.0. The summed E-state index contributed by atoms with van der Waals surface area (Å²) in [4.78, 5) is 12.8. The van der Waals surface area contributed by atoms with Gasteiger partial charge in [-0.1, -0.05) is 12.1 Å². The molecular formula is C17H19N5. The Labute approximate surface area is 130 Å². The number of aromatic nitrogens is 2. The molecule has 0 unspecified atom stereocenters. The van der Waals surface area contributed by atoms with Crippen LogP contribution >= 0.6 is 0 Å². The van der Waals surface area contributed by atoms with Crippen molar-refractivity contribution in [3.05, 3.63) is 48.4 Å². The fourth-order valence-electron chi connectivity index (χ4n) is 3.02. The van der Waals surface area contributed by atoms with Crippen molar-refractivity contribution in [2.24, 2.45) is 0 Å². The van der Waals surface area contributed by atoms with Crippen LogP contribution in [0.1, 0.15) is 18.4 Å². The van der Waals surface area contributed by atoms with Gasteiger partial charge in [-0.05, 0) is 31.0 Å². The van der Waals surface area contributed by atoms with Crippen molar-refractivity contribution in [2.45, 2.75) is 18.9 Å². The molecule has 2 aromatic rings. The van der Waals surface area contributed by atoms with Gasteiger partial charge in [0, 0.05) is 32.4 Å². The minimum Gasteiger partial charge on any atom is -0.370 e. The van der Waals surface area contributed by atoms with Crippen LogP contribution in [0.4, 0.5) is 11.5 Å². The quantitative estimate of drug-likeness (QED) is 0.870. The molecule has 0 bridgehead atoms. The van der Waals surface area contributed by atoms with Crippen LogP contribution in [0, 0.1) is 11.3 Å². The zero-order chi connectivity index (χ0) is 15.4. The van der Waals surface area contributed by atoms with E-state index in [-0.39, 0.29) is 0 Å². The first kappa shape index (κ1) is 14.3. The van der Waals surface area contributed by atoms with Gasteiger partial charge in [0.25, 0.3) is 0 Å². The number of hydrogen-bond acceptors (Lipinski definition) is 5. The van der Waals surface area contributed by atoms with Crippen molar-refractivity contribution >= 4 is 11.5 Å². The maximum atomic E-state index is 9.24. The molecule has 0 N–H and O–H groups in total. The SMILES string of the molecule is CN(c1ccncn1)C1CCN(c2ccccc2C#N)CC1. The molecule has 0 radical (unpaired) electrons. The van der Waals surface area contributed by atoms with E-state index in [0.29, 0.717) is 6.04 Å². The summed E-state index contributed by atoms with van der Waals surface area (Å²) < 4.78 is 0. The van der Waals surface area contributed by atoms with Crippen LogP contribution in [0.5, 0.6) is 0 Å². The molecule has 0 aliphatic carbocycles. The molecule has 1 saturated heterocycles. The van der Waals surface area contributed by atoms with E-state index in [1.807, 2.05) is 30.3 Å². The molecule has 112 valence electrons. The summed E-state index contributed by atoms with van der Waals surface area (Å²) in [5.74, 6) is 0.964. The normalized spacial score (nSPS) is 15.4. The first-order chi connectivity index (χ1) is 10.8. The maximum absolute atomic E-state index is 9.24. The van der Waals surface area contributed by atoms with E-state index in [4.69, 9.17) is 0 Å². The van der Waals surface area contributed by atoms with Gasteiger partial charge < -0.3 is 9.80 Å². The second-order valence-electron chi connectivity index (χ2n) is 5.53. The van der Waals surface area contributed by atoms with Crippen molar-refractivity contribution in [3.63, 3.8) is 0 Å². The molecule has 0 atom stereocenters.